The van der Waals surface area contributed by atoms with Gasteiger partial charge in [0.25, 0.3) is 0 Å². The number of hydrogen-bond acceptors (Lipinski definition) is 2. The fraction of sp³-hybridized carbons (Fsp3) is 0.125. The maximum Gasteiger partial charge on any atom is 0.224 e. The molecule has 0 radical (unpaired) electrons. The molecule has 0 heterocycles. The molecule has 0 aliphatic heterocycles. The van der Waals surface area contributed by atoms with E-state index in [0.29, 0.717) is 16.3 Å². The molecule has 3 nitrogen and oxygen atoms in total. The van der Waals surface area contributed by atoms with Crippen molar-refractivity contribution in [2.24, 2.45) is 0 Å². The molecule has 21 heavy (non-hydrogen) atoms. The maximum absolute atomic E-state index is 12.0. The van der Waals surface area contributed by atoms with Gasteiger partial charge in [0.2, 0.25) is 5.91 Å². The SMILES string of the molecule is O=C(CCC(=O)c1ccccc1Cl)Nc1ccc(Br)cc1. The zero-order valence-corrected chi connectivity index (χ0v) is 13.4. The number of benzene rings is 2. The van der Waals surface area contributed by atoms with Crippen molar-refractivity contribution in [3.63, 3.8) is 0 Å². The summed E-state index contributed by atoms with van der Waals surface area (Å²) >= 11 is 9.28. The molecule has 2 aromatic carbocycles. The van der Waals surface area contributed by atoms with E-state index in [9.17, 15) is 9.59 Å². The third-order valence-corrected chi connectivity index (χ3v) is 3.74. The average molecular weight is 367 g/mol. The minimum absolute atomic E-state index is 0.125. The lowest BCUT2D eigenvalue weighted by Crippen LogP contribution is -2.13. The van der Waals surface area contributed by atoms with E-state index in [1.807, 2.05) is 12.1 Å². The van der Waals surface area contributed by atoms with Crippen molar-refractivity contribution < 1.29 is 9.59 Å². The summed E-state index contributed by atoms with van der Waals surface area (Å²) in [4.78, 5) is 23.8. The van der Waals surface area contributed by atoms with E-state index in [4.69, 9.17) is 11.6 Å². The van der Waals surface area contributed by atoms with Crippen LogP contribution in [0.25, 0.3) is 0 Å². The molecule has 5 heteroatoms. The standard InChI is InChI=1S/C16H13BrClNO2/c17-11-5-7-12(8-6-11)19-16(21)10-9-15(20)13-3-1-2-4-14(13)18/h1-8H,9-10H2,(H,19,21). The van der Waals surface area contributed by atoms with Crippen molar-refractivity contribution in [2.75, 3.05) is 5.32 Å². The van der Waals surface area contributed by atoms with Gasteiger partial charge in [-0.15, -0.1) is 0 Å². The Morgan fingerprint density at radius 3 is 2.33 bits per heavy atom. The summed E-state index contributed by atoms with van der Waals surface area (Å²) in [6, 6.07) is 14.1. The largest absolute Gasteiger partial charge is 0.326 e. The Morgan fingerprint density at radius 1 is 1.00 bits per heavy atom. The molecule has 0 spiro atoms. The molecule has 1 N–H and O–H groups in total. The number of Topliss-reactive ketones (excluding diaryl/α,β-unsaturated/α-hetero) is 1. The summed E-state index contributed by atoms with van der Waals surface area (Å²) in [5.41, 5.74) is 1.16. The van der Waals surface area contributed by atoms with Crippen LogP contribution in [0.5, 0.6) is 0 Å². The van der Waals surface area contributed by atoms with Gasteiger partial charge in [-0.1, -0.05) is 39.7 Å². The van der Waals surface area contributed by atoms with Crippen molar-refractivity contribution in [1.29, 1.82) is 0 Å². The highest BCUT2D eigenvalue weighted by Crippen LogP contribution is 2.18. The number of carbonyl (C=O) groups excluding carboxylic acids is 2. The Kier molecular flexibility index (Phi) is 5.53. The minimum atomic E-state index is -0.197. The first-order valence-electron chi connectivity index (χ1n) is 6.39. The van der Waals surface area contributed by atoms with Gasteiger partial charge in [0.1, 0.15) is 0 Å². The molecule has 0 atom stereocenters. The average Bonchev–Trinajstić information content (AvgIpc) is 2.48. The number of rotatable bonds is 5. The van der Waals surface area contributed by atoms with Crippen LogP contribution in [0.4, 0.5) is 5.69 Å². The molecule has 108 valence electrons. The second-order valence-corrected chi connectivity index (χ2v) is 5.78. The van der Waals surface area contributed by atoms with Gasteiger partial charge in [-0.2, -0.15) is 0 Å². The zero-order valence-electron chi connectivity index (χ0n) is 11.1. The van der Waals surface area contributed by atoms with Crippen LogP contribution < -0.4 is 5.32 Å². The Labute approximate surface area is 136 Å². The zero-order chi connectivity index (χ0) is 15.2. The molecular weight excluding hydrogens is 354 g/mol. The number of amides is 1. The Morgan fingerprint density at radius 2 is 1.67 bits per heavy atom. The van der Waals surface area contributed by atoms with Gasteiger partial charge in [-0.25, -0.2) is 0 Å². The van der Waals surface area contributed by atoms with E-state index in [0.717, 1.165) is 4.47 Å². The number of carbonyl (C=O) groups is 2. The van der Waals surface area contributed by atoms with E-state index >= 15 is 0 Å². The number of nitrogens with one attached hydrogen (secondary N) is 1. The van der Waals surface area contributed by atoms with Crippen molar-refractivity contribution >= 4 is 44.9 Å². The molecule has 0 aliphatic carbocycles. The van der Waals surface area contributed by atoms with Gasteiger partial charge in [0, 0.05) is 28.6 Å². The summed E-state index contributed by atoms with van der Waals surface area (Å²) in [7, 11) is 0. The van der Waals surface area contributed by atoms with Crippen molar-refractivity contribution in [2.45, 2.75) is 12.8 Å². The van der Waals surface area contributed by atoms with Crippen LogP contribution in [0.3, 0.4) is 0 Å². The van der Waals surface area contributed by atoms with Crippen LogP contribution in [-0.2, 0) is 4.79 Å². The molecule has 0 aromatic heterocycles. The van der Waals surface area contributed by atoms with Gasteiger partial charge in [0.15, 0.2) is 5.78 Å². The predicted octanol–water partition coefficient (Wildman–Crippen LogP) is 4.70. The van der Waals surface area contributed by atoms with Crippen LogP contribution in [-0.4, -0.2) is 11.7 Å². The van der Waals surface area contributed by atoms with Crippen molar-refractivity contribution in [1.82, 2.24) is 0 Å². The Bertz CT molecular complexity index is 656. The molecule has 0 unspecified atom stereocenters. The smallest absolute Gasteiger partial charge is 0.224 e. The second kappa shape index (κ2) is 7.38. The number of hydrogen-bond donors (Lipinski definition) is 1. The highest BCUT2D eigenvalue weighted by molar-refractivity contribution is 9.10. The van der Waals surface area contributed by atoms with Gasteiger partial charge >= 0.3 is 0 Å². The van der Waals surface area contributed by atoms with Crippen LogP contribution >= 0.6 is 27.5 Å². The van der Waals surface area contributed by atoms with E-state index in [1.54, 1.807) is 36.4 Å². The Hall–Kier alpha value is -1.65. The van der Waals surface area contributed by atoms with E-state index in [-0.39, 0.29) is 24.5 Å². The fourth-order valence-electron chi connectivity index (χ4n) is 1.81. The topological polar surface area (TPSA) is 46.2 Å². The van der Waals surface area contributed by atoms with Gasteiger partial charge in [-0.05, 0) is 36.4 Å². The molecule has 2 rings (SSSR count). The Balaban J connectivity index is 1.88. The molecule has 0 bridgehead atoms. The maximum atomic E-state index is 12.0. The van der Waals surface area contributed by atoms with E-state index < -0.39 is 0 Å². The molecule has 0 saturated heterocycles. The highest BCUT2D eigenvalue weighted by Gasteiger charge is 2.12. The molecule has 2 aromatic rings. The van der Waals surface area contributed by atoms with Crippen LogP contribution in [0.15, 0.2) is 53.0 Å². The minimum Gasteiger partial charge on any atom is -0.326 e. The number of halogens is 2. The summed E-state index contributed by atoms with van der Waals surface area (Å²) in [5.74, 6) is -0.329. The molecule has 0 aliphatic rings. The fourth-order valence-corrected chi connectivity index (χ4v) is 2.31. The summed E-state index contributed by atoms with van der Waals surface area (Å²) in [6.07, 6.45) is 0.256. The van der Waals surface area contributed by atoms with Crippen molar-refractivity contribution in [3.8, 4) is 0 Å². The van der Waals surface area contributed by atoms with E-state index in [1.165, 1.54) is 0 Å². The monoisotopic (exact) mass is 365 g/mol. The van der Waals surface area contributed by atoms with Crippen LogP contribution in [0, 0.1) is 0 Å². The lowest BCUT2D eigenvalue weighted by atomic mass is 10.1. The van der Waals surface area contributed by atoms with Crippen LogP contribution in [0.1, 0.15) is 23.2 Å². The summed E-state index contributed by atoms with van der Waals surface area (Å²) in [6.45, 7) is 0. The number of ketones is 1. The molecule has 0 saturated carbocycles. The molecule has 0 fully saturated rings. The normalized spacial score (nSPS) is 10.2. The van der Waals surface area contributed by atoms with Gasteiger partial charge in [0.05, 0.1) is 5.02 Å². The first-order valence-corrected chi connectivity index (χ1v) is 7.56. The lowest BCUT2D eigenvalue weighted by Gasteiger charge is -2.06. The highest BCUT2D eigenvalue weighted by atomic mass is 79.9. The van der Waals surface area contributed by atoms with Gasteiger partial charge in [-0.3, -0.25) is 9.59 Å². The summed E-state index contributed by atoms with van der Waals surface area (Å²) < 4.78 is 0.939. The molecule has 1 amide bonds. The summed E-state index contributed by atoms with van der Waals surface area (Å²) in [5, 5.41) is 3.16. The first kappa shape index (κ1) is 15.7. The first-order chi connectivity index (χ1) is 10.1. The quantitative estimate of drug-likeness (QED) is 0.779. The predicted molar refractivity (Wildman–Crippen MR) is 87.8 cm³/mol. The number of anilines is 1. The second-order valence-electron chi connectivity index (χ2n) is 4.46. The third kappa shape index (κ3) is 4.69. The lowest BCUT2D eigenvalue weighted by molar-refractivity contribution is -0.116. The van der Waals surface area contributed by atoms with E-state index in [2.05, 4.69) is 21.2 Å². The van der Waals surface area contributed by atoms with Gasteiger partial charge < -0.3 is 5.32 Å². The van der Waals surface area contributed by atoms with Crippen LogP contribution in [0.2, 0.25) is 5.02 Å². The molecular formula is C16H13BrClNO2. The third-order valence-electron chi connectivity index (χ3n) is 2.88. The van der Waals surface area contributed by atoms with Crippen molar-refractivity contribution in [3.05, 3.63) is 63.6 Å².